The molecule has 0 atom stereocenters. The Morgan fingerprint density at radius 3 is 2.85 bits per heavy atom. The summed E-state index contributed by atoms with van der Waals surface area (Å²) in [5, 5.41) is 1.93. The van der Waals surface area contributed by atoms with Crippen molar-refractivity contribution in [1.29, 1.82) is 0 Å². The molecule has 0 saturated heterocycles. The zero-order valence-corrected chi connectivity index (χ0v) is 16.2. The van der Waals surface area contributed by atoms with Crippen molar-refractivity contribution in [2.24, 2.45) is 0 Å². The first-order valence-electron chi connectivity index (χ1n) is 8.43. The second-order valence-electron chi connectivity index (χ2n) is 5.65. The van der Waals surface area contributed by atoms with E-state index in [4.69, 9.17) is 9.15 Å². The number of furan rings is 1. The quantitative estimate of drug-likeness (QED) is 0.246. The molecule has 3 heterocycles. The van der Waals surface area contributed by atoms with Crippen molar-refractivity contribution in [1.82, 2.24) is 9.97 Å². The lowest BCUT2D eigenvalue weighted by atomic mass is 10.2. The summed E-state index contributed by atoms with van der Waals surface area (Å²) < 4.78 is 10.5. The summed E-state index contributed by atoms with van der Waals surface area (Å²) >= 11 is 3.21. The van der Waals surface area contributed by atoms with Crippen LogP contribution >= 0.6 is 23.1 Å². The van der Waals surface area contributed by atoms with Crippen LogP contribution in [-0.4, -0.2) is 22.5 Å². The molecule has 1 aromatic carbocycles. The lowest BCUT2D eigenvalue weighted by molar-refractivity contribution is 0.0488. The summed E-state index contributed by atoms with van der Waals surface area (Å²) in [6.07, 6.45) is 1.59. The molecule has 0 spiro atoms. The number of carbonyl (C=O) groups excluding carboxylic acids is 1. The summed E-state index contributed by atoms with van der Waals surface area (Å²) in [5.41, 5.74) is 1.17. The van der Waals surface area contributed by atoms with E-state index in [1.54, 1.807) is 48.5 Å². The van der Waals surface area contributed by atoms with Crippen molar-refractivity contribution < 1.29 is 13.9 Å². The molecule has 0 unspecified atom stereocenters. The van der Waals surface area contributed by atoms with E-state index in [9.17, 15) is 4.79 Å². The highest BCUT2D eigenvalue weighted by molar-refractivity contribution is 7.98. The van der Waals surface area contributed by atoms with Crippen LogP contribution in [0.3, 0.4) is 0 Å². The van der Waals surface area contributed by atoms with Gasteiger partial charge in [-0.25, -0.2) is 14.8 Å². The number of ether oxygens (including phenoxy) is 1. The molecule has 0 fully saturated rings. The average molecular weight is 396 g/mol. The number of benzene rings is 1. The monoisotopic (exact) mass is 396 g/mol. The number of esters is 1. The van der Waals surface area contributed by atoms with E-state index in [1.165, 1.54) is 5.56 Å². The van der Waals surface area contributed by atoms with Gasteiger partial charge in [-0.1, -0.05) is 42.1 Å². The molecule has 0 radical (unpaired) electrons. The number of hydrogen-bond acceptors (Lipinski definition) is 7. The SMILES string of the molecule is CCOC(=O)c1ccc(CSc2ncnc3sc(-c4ccccc4)cc23)o1. The van der Waals surface area contributed by atoms with Gasteiger partial charge in [0.15, 0.2) is 0 Å². The molecule has 136 valence electrons. The third-order valence-electron chi connectivity index (χ3n) is 3.84. The van der Waals surface area contributed by atoms with E-state index in [1.807, 2.05) is 18.2 Å². The Balaban J connectivity index is 1.54. The second kappa shape index (κ2) is 7.94. The van der Waals surface area contributed by atoms with Gasteiger partial charge in [0.2, 0.25) is 5.76 Å². The fourth-order valence-electron chi connectivity index (χ4n) is 2.60. The molecular weight excluding hydrogens is 380 g/mol. The van der Waals surface area contributed by atoms with Gasteiger partial charge in [-0.3, -0.25) is 0 Å². The molecule has 4 aromatic rings. The van der Waals surface area contributed by atoms with Gasteiger partial charge < -0.3 is 9.15 Å². The molecule has 0 amide bonds. The second-order valence-corrected chi connectivity index (χ2v) is 7.64. The molecule has 4 rings (SSSR count). The molecule has 7 heteroatoms. The number of nitrogens with zero attached hydrogens (tertiary/aromatic N) is 2. The van der Waals surface area contributed by atoms with E-state index >= 15 is 0 Å². The molecule has 0 aliphatic carbocycles. The van der Waals surface area contributed by atoms with Crippen molar-refractivity contribution >= 4 is 39.3 Å². The highest BCUT2D eigenvalue weighted by Gasteiger charge is 2.14. The molecule has 0 bridgehead atoms. The van der Waals surface area contributed by atoms with Crippen LogP contribution in [0, 0.1) is 0 Å². The zero-order chi connectivity index (χ0) is 18.6. The van der Waals surface area contributed by atoms with Gasteiger partial charge in [0, 0.05) is 10.3 Å². The van der Waals surface area contributed by atoms with Gasteiger partial charge in [0.05, 0.1) is 12.4 Å². The van der Waals surface area contributed by atoms with Gasteiger partial charge in [0.25, 0.3) is 0 Å². The first-order chi connectivity index (χ1) is 13.2. The lowest BCUT2D eigenvalue weighted by Gasteiger charge is -2.00. The van der Waals surface area contributed by atoms with Gasteiger partial charge in [0.1, 0.15) is 21.9 Å². The lowest BCUT2D eigenvalue weighted by Crippen LogP contribution is -2.02. The van der Waals surface area contributed by atoms with Gasteiger partial charge in [-0.15, -0.1) is 11.3 Å². The first-order valence-corrected chi connectivity index (χ1v) is 10.2. The van der Waals surface area contributed by atoms with Gasteiger partial charge >= 0.3 is 5.97 Å². The molecular formula is C20H16N2O3S2. The summed E-state index contributed by atoms with van der Waals surface area (Å²) in [6, 6.07) is 15.8. The summed E-state index contributed by atoms with van der Waals surface area (Å²) in [7, 11) is 0. The van der Waals surface area contributed by atoms with Crippen LogP contribution in [0.15, 0.2) is 64.3 Å². The van der Waals surface area contributed by atoms with Crippen molar-refractivity contribution in [3.63, 3.8) is 0 Å². The van der Waals surface area contributed by atoms with E-state index in [2.05, 4.69) is 28.2 Å². The van der Waals surface area contributed by atoms with Crippen molar-refractivity contribution in [2.45, 2.75) is 17.7 Å². The summed E-state index contributed by atoms with van der Waals surface area (Å²) in [5.74, 6) is 1.06. The molecule has 0 saturated carbocycles. The Hall–Kier alpha value is -2.64. The maximum atomic E-state index is 11.7. The summed E-state index contributed by atoms with van der Waals surface area (Å²) in [4.78, 5) is 22.6. The normalized spacial score (nSPS) is 11.0. The third kappa shape index (κ3) is 3.89. The van der Waals surface area contributed by atoms with Crippen molar-refractivity contribution in [2.75, 3.05) is 6.61 Å². The molecule has 3 aromatic heterocycles. The first kappa shape index (κ1) is 17.8. The highest BCUT2D eigenvalue weighted by atomic mass is 32.2. The predicted octanol–water partition coefficient (Wildman–Crippen LogP) is 5.42. The van der Waals surface area contributed by atoms with Crippen molar-refractivity contribution in [3.8, 4) is 10.4 Å². The summed E-state index contributed by atoms with van der Waals surface area (Å²) in [6.45, 7) is 2.09. The minimum Gasteiger partial charge on any atom is -0.460 e. The van der Waals surface area contributed by atoms with E-state index in [0.717, 1.165) is 20.1 Å². The molecule has 0 aliphatic heterocycles. The van der Waals surface area contributed by atoms with Crippen LogP contribution < -0.4 is 0 Å². The Morgan fingerprint density at radius 2 is 2.04 bits per heavy atom. The Morgan fingerprint density at radius 1 is 1.19 bits per heavy atom. The maximum Gasteiger partial charge on any atom is 0.374 e. The largest absolute Gasteiger partial charge is 0.460 e. The van der Waals surface area contributed by atoms with Crippen molar-refractivity contribution in [3.05, 3.63) is 66.4 Å². The van der Waals surface area contributed by atoms with Crippen LogP contribution in [-0.2, 0) is 10.5 Å². The van der Waals surface area contributed by atoms with Gasteiger partial charge in [-0.05, 0) is 30.7 Å². The van der Waals surface area contributed by atoms with Gasteiger partial charge in [-0.2, -0.15) is 0 Å². The predicted molar refractivity (Wildman–Crippen MR) is 107 cm³/mol. The van der Waals surface area contributed by atoms with Crippen LogP contribution in [0.1, 0.15) is 23.2 Å². The number of hydrogen-bond donors (Lipinski definition) is 0. The number of fused-ring (bicyclic) bond motifs is 1. The van der Waals surface area contributed by atoms with Crippen LogP contribution in [0.4, 0.5) is 0 Å². The number of carbonyl (C=O) groups is 1. The van der Waals surface area contributed by atoms with E-state index in [-0.39, 0.29) is 5.76 Å². The minimum atomic E-state index is -0.441. The number of thioether (sulfide) groups is 1. The molecule has 27 heavy (non-hydrogen) atoms. The third-order valence-corrected chi connectivity index (χ3v) is 5.96. The zero-order valence-electron chi connectivity index (χ0n) is 14.5. The molecule has 5 nitrogen and oxygen atoms in total. The Bertz CT molecular complexity index is 1070. The standard InChI is InChI=1S/C20H16N2O3S2/c1-2-24-20(23)16-9-8-14(25-16)11-26-18-15-10-17(13-6-4-3-5-7-13)27-19(15)22-12-21-18/h3-10,12H,2,11H2,1H3. The fraction of sp³-hybridized carbons (Fsp3) is 0.150. The Kier molecular flexibility index (Phi) is 5.22. The average Bonchev–Trinajstić information content (AvgIpc) is 3.34. The maximum absolute atomic E-state index is 11.7. The molecule has 0 N–H and O–H groups in total. The minimum absolute atomic E-state index is 0.224. The van der Waals surface area contributed by atoms with Crippen LogP contribution in [0.2, 0.25) is 0 Å². The number of thiophene rings is 1. The number of rotatable bonds is 6. The molecule has 0 aliphatic rings. The highest BCUT2D eigenvalue weighted by Crippen LogP contribution is 2.36. The van der Waals surface area contributed by atoms with Crippen LogP contribution in [0.25, 0.3) is 20.7 Å². The smallest absolute Gasteiger partial charge is 0.374 e. The fourth-order valence-corrected chi connectivity index (χ4v) is 4.54. The van der Waals surface area contributed by atoms with Crippen LogP contribution in [0.5, 0.6) is 0 Å². The topological polar surface area (TPSA) is 65.2 Å². The van der Waals surface area contributed by atoms with E-state index in [0.29, 0.717) is 18.1 Å². The Labute approximate surface area is 164 Å². The number of aromatic nitrogens is 2. The van der Waals surface area contributed by atoms with E-state index < -0.39 is 5.97 Å².